The summed E-state index contributed by atoms with van der Waals surface area (Å²) in [4.78, 5) is 4.09. The van der Waals surface area contributed by atoms with E-state index in [0.29, 0.717) is 5.41 Å². The van der Waals surface area contributed by atoms with E-state index >= 15 is 0 Å². The number of nitrogens with one attached hydrogen (secondary N) is 1. The van der Waals surface area contributed by atoms with Crippen LogP contribution in [0.25, 0.3) is 0 Å². The highest BCUT2D eigenvalue weighted by Crippen LogP contribution is 2.53. The van der Waals surface area contributed by atoms with E-state index < -0.39 is 0 Å². The Morgan fingerprint density at radius 2 is 2.13 bits per heavy atom. The van der Waals surface area contributed by atoms with Gasteiger partial charge in [-0.15, -0.1) is 0 Å². The van der Waals surface area contributed by atoms with E-state index in [2.05, 4.69) is 36.3 Å². The first kappa shape index (κ1) is 10.6. The third kappa shape index (κ3) is 2.05. The summed E-state index contributed by atoms with van der Waals surface area (Å²) in [5.41, 5.74) is 1.85. The summed E-state index contributed by atoms with van der Waals surface area (Å²) in [5, 5.41) is 3.55. The molecule has 0 aliphatic heterocycles. The van der Waals surface area contributed by atoms with Gasteiger partial charge in [0, 0.05) is 24.4 Å². The normalized spacial score (nSPS) is 29.1. The van der Waals surface area contributed by atoms with Gasteiger partial charge >= 0.3 is 0 Å². The molecule has 0 amide bonds. The number of aromatic nitrogens is 1. The fourth-order valence-corrected chi connectivity index (χ4v) is 2.41. The van der Waals surface area contributed by atoms with Crippen molar-refractivity contribution in [3.63, 3.8) is 0 Å². The number of rotatable bonds is 5. The van der Waals surface area contributed by atoms with Crippen molar-refractivity contribution in [2.24, 2.45) is 5.92 Å². The van der Waals surface area contributed by atoms with E-state index in [1.807, 2.05) is 12.4 Å². The summed E-state index contributed by atoms with van der Waals surface area (Å²) in [6, 6.07) is 4.33. The van der Waals surface area contributed by atoms with Crippen LogP contribution in [0.1, 0.15) is 32.3 Å². The molecule has 1 N–H and O–H groups in total. The van der Waals surface area contributed by atoms with Crippen LogP contribution >= 0.6 is 0 Å². The molecule has 2 unspecified atom stereocenters. The van der Waals surface area contributed by atoms with Gasteiger partial charge in [0.25, 0.3) is 0 Å². The Morgan fingerprint density at radius 3 is 2.67 bits per heavy atom. The molecule has 15 heavy (non-hydrogen) atoms. The summed E-state index contributed by atoms with van der Waals surface area (Å²) in [5.74, 6) is 0.809. The van der Waals surface area contributed by atoms with Gasteiger partial charge in [0.05, 0.1) is 0 Å². The average molecular weight is 204 g/mol. The lowest BCUT2D eigenvalue weighted by Gasteiger charge is -2.17. The van der Waals surface area contributed by atoms with Crippen LogP contribution in [0.2, 0.25) is 0 Å². The van der Waals surface area contributed by atoms with Gasteiger partial charge in [0.15, 0.2) is 0 Å². The van der Waals surface area contributed by atoms with Gasteiger partial charge in [0.1, 0.15) is 0 Å². The summed E-state index contributed by atoms with van der Waals surface area (Å²) >= 11 is 0. The van der Waals surface area contributed by atoms with Gasteiger partial charge in [-0.25, -0.2) is 0 Å². The van der Waals surface area contributed by atoms with Gasteiger partial charge in [-0.3, -0.25) is 4.98 Å². The molecule has 0 saturated heterocycles. The molecule has 1 aromatic heterocycles. The lowest BCUT2D eigenvalue weighted by molar-refractivity contribution is 0.541. The number of hydrogen-bond donors (Lipinski definition) is 1. The van der Waals surface area contributed by atoms with Crippen LogP contribution in [0.3, 0.4) is 0 Å². The Bertz CT molecular complexity index is 310. The van der Waals surface area contributed by atoms with E-state index in [-0.39, 0.29) is 0 Å². The van der Waals surface area contributed by atoms with Gasteiger partial charge in [-0.05, 0) is 43.0 Å². The van der Waals surface area contributed by atoms with Crippen molar-refractivity contribution >= 4 is 0 Å². The zero-order valence-electron chi connectivity index (χ0n) is 9.66. The number of hydrogen-bond acceptors (Lipinski definition) is 2. The van der Waals surface area contributed by atoms with Crippen LogP contribution in [-0.4, -0.2) is 18.1 Å². The summed E-state index contributed by atoms with van der Waals surface area (Å²) < 4.78 is 0. The highest BCUT2D eigenvalue weighted by Gasteiger charge is 2.51. The Balaban J connectivity index is 2.04. The first-order valence-corrected chi connectivity index (χ1v) is 5.91. The molecule has 1 fully saturated rings. The molecule has 2 atom stereocenters. The molecular formula is C13H20N2. The zero-order valence-corrected chi connectivity index (χ0v) is 9.66. The van der Waals surface area contributed by atoms with Gasteiger partial charge in [-0.1, -0.05) is 13.8 Å². The fraction of sp³-hybridized carbons (Fsp3) is 0.615. The van der Waals surface area contributed by atoms with Crippen LogP contribution in [-0.2, 0) is 5.41 Å². The van der Waals surface area contributed by atoms with Crippen LogP contribution in [0.15, 0.2) is 24.5 Å². The Labute approximate surface area is 92.1 Å². The van der Waals surface area contributed by atoms with Crippen molar-refractivity contribution < 1.29 is 0 Å². The molecule has 1 aromatic rings. The smallest absolute Gasteiger partial charge is 0.0270 e. The summed E-state index contributed by atoms with van der Waals surface area (Å²) in [6.07, 6.45) is 6.33. The minimum Gasteiger partial charge on any atom is -0.316 e. The first-order valence-electron chi connectivity index (χ1n) is 5.91. The van der Waals surface area contributed by atoms with Crippen LogP contribution in [0.4, 0.5) is 0 Å². The van der Waals surface area contributed by atoms with Gasteiger partial charge in [-0.2, -0.15) is 0 Å². The van der Waals surface area contributed by atoms with Crippen molar-refractivity contribution in [3.05, 3.63) is 30.1 Å². The summed E-state index contributed by atoms with van der Waals surface area (Å²) in [7, 11) is 0. The maximum atomic E-state index is 4.09. The quantitative estimate of drug-likeness (QED) is 0.745. The molecule has 0 bridgehead atoms. The van der Waals surface area contributed by atoms with E-state index in [1.165, 1.54) is 18.4 Å². The maximum Gasteiger partial charge on any atom is 0.0270 e. The van der Waals surface area contributed by atoms with Crippen molar-refractivity contribution in [3.8, 4) is 0 Å². The molecule has 0 radical (unpaired) electrons. The van der Waals surface area contributed by atoms with E-state index in [0.717, 1.165) is 19.0 Å². The second kappa shape index (κ2) is 4.31. The zero-order chi connectivity index (χ0) is 10.7. The fourth-order valence-electron chi connectivity index (χ4n) is 2.41. The minimum absolute atomic E-state index is 0.401. The largest absolute Gasteiger partial charge is 0.316 e. The monoisotopic (exact) mass is 204 g/mol. The maximum absolute atomic E-state index is 4.09. The van der Waals surface area contributed by atoms with Crippen molar-refractivity contribution in [2.45, 2.75) is 32.1 Å². The summed E-state index contributed by atoms with van der Waals surface area (Å²) in [6.45, 7) is 6.79. The highest BCUT2D eigenvalue weighted by molar-refractivity contribution is 5.32. The van der Waals surface area contributed by atoms with E-state index in [1.54, 1.807) is 0 Å². The molecule has 2 nitrogen and oxygen atoms in total. The highest BCUT2D eigenvalue weighted by atomic mass is 14.9. The van der Waals surface area contributed by atoms with E-state index in [9.17, 15) is 0 Å². The van der Waals surface area contributed by atoms with Crippen molar-refractivity contribution in [1.82, 2.24) is 10.3 Å². The van der Waals surface area contributed by atoms with Crippen molar-refractivity contribution in [1.29, 1.82) is 0 Å². The first-order chi connectivity index (χ1) is 7.29. The molecule has 2 heteroatoms. The average Bonchev–Trinajstić information content (AvgIpc) is 2.93. The predicted molar refractivity (Wildman–Crippen MR) is 62.9 cm³/mol. The number of nitrogens with zero attached hydrogens (tertiary/aromatic N) is 1. The minimum atomic E-state index is 0.401. The van der Waals surface area contributed by atoms with Gasteiger partial charge < -0.3 is 5.32 Å². The second-order valence-electron chi connectivity index (χ2n) is 4.67. The van der Waals surface area contributed by atoms with Crippen LogP contribution in [0.5, 0.6) is 0 Å². The SMILES string of the molecule is CCCNCC1(c2ccncc2)CC1C. The molecule has 1 aliphatic rings. The molecular weight excluding hydrogens is 184 g/mol. The molecule has 82 valence electrons. The molecule has 2 rings (SSSR count). The van der Waals surface area contributed by atoms with Gasteiger partial charge in [0.2, 0.25) is 0 Å². The van der Waals surface area contributed by atoms with Crippen molar-refractivity contribution in [2.75, 3.05) is 13.1 Å². The Kier molecular flexibility index (Phi) is 3.06. The lowest BCUT2D eigenvalue weighted by Crippen LogP contribution is -2.28. The Morgan fingerprint density at radius 1 is 1.47 bits per heavy atom. The number of pyridine rings is 1. The Hall–Kier alpha value is -0.890. The van der Waals surface area contributed by atoms with Crippen LogP contribution in [0, 0.1) is 5.92 Å². The molecule has 1 heterocycles. The second-order valence-corrected chi connectivity index (χ2v) is 4.67. The third-order valence-corrected chi connectivity index (χ3v) is 3.58. The third-order valence-electron chi connectivity index (χ3n) is 3.58. The molecule has 0 aromatic carbocycles. The topological polar surface area (TPSA) is 24.9 Å². The molecule has 0 spiro atoms. The van der Waals surface area contributed by atoms with Crippen LogP contribution < -0.4 is 5.32 Å². The van der Waals surface area contributed by atoms with E-state index in [4.69, 9.17) is 0 Å². The molecule has 1 saturated carbocycles. The lowest BCUT2D eigenvalue weighted by atomic mass is 9.94. The standard InChI is InChI=1S/C13H20N2/c1-3-6-15-10-13(9-11(13)2)12-4-7-14-8-5-12/h4-5,7-8,11,15H,3,6,9-10H2,1-2H3. The predicted octanol–water partition coefficient (Wildman–Crippen LogP) is 2.36. The molecule has 1 aliphatic carbocycles.